The Labute approximate surface area is 208 Å². The van der Waals surface area contributed by atoms with Crippen molar-refractivity contribution in [1.82, 2.24) is 29.6 Å². The lowest BCUT2D eigenvalue weighted by Crippen LogP contribution is -2.44. The zero-order valence-corrected chi connectivity index (χ0v) is 20.2. The van der Waals surface area contributed by atoms with Crippen LogP contribution in [0, 0.1) is 0 Å². The van der Waals surface area contributed by atoms with Crippen LogP contribution in [-0.2, 0) is 6.54 Å². The molecule has 0 unspecified atom stereocenters. The predicted molar refractivity (Wildman–Crippen MR) is 140 cm³/mol. The van der Waals surface area contributed by atoms with E-state index in [-0.39, 0.29) is 5.56 Å². The van der Waals surface area contributed by atoms with Gasteiger partial charge in [-0.2, -0.15) is 4.98 Å². The molecule has 9 nitrogen and oxygen atoms in total. The van der Waals surface area contributed by atoms with E-state index in [0.717, 1.165) is 37.4 Å². The number of fused-ring (bicyclic) bond motifs is 1. The second-order valence-corrected chi connectivity index (χ2v) is 8.95. The molecule has 4 aromatic rings. The predicted octanol–water partition coefficient (Wildman–Crippen LogP) is 3.75. The van der Waals surface area contributed by atoms with Gasteiger partial charge in [-0.3, -0.25) is 4.79 Å². The second kappa shape index (κ2) is 9.89. The first kappa shape index (κ1) is 23.1. The summed E-state index contributed by atoms with van der Waals surface area (Å²) in [6.07, 6.45) is 5.47. The van der Waals surface area contributed by atoms with Gasteiger partial charge in [0.25, 0.3) is 5.56 Å². The maximum atomic E-state index is 13.2. The summed E-state index contributed by atoms with van der Waals surface area (Å²) < 4.78 is 3.32. The minimum Gasteiger partial charge on any atom is -0.355 e. The van der Waals surface area contributed by atoms with E-state index in [1.165, 1.54) is 0 Å². The Morgan fingerprint density at radius 1 is 1.26 bits per heavy atom. The number of hydrogen-bond acceptors (Lipinski definition) is 7. The summed E-state index contributed by atoms with van der Waals surface area (Å²) in [6, 6.07) is 13.4. The molecule has 0 saturated carbocycles. The van der Waals surface area contributed by atoms with Gasteiger partial charge in [-0.15, -0.1) is 6.58 Å². The Hall–Kier alpha value is -3.69. The van der Waals surface area contributed by atoms with Crippen molar-refractivity contribution in [1.29, 1.82) is 0 Å². The molecule has 0 radical (unpaired) electrons. The second-order valence-electron chi connectivity index (χ2n) is 8.52. The maximum Gasteiger partial charge on any atom is 0.278 e. The Kier molecular flexibility index (Phi) is 6.52. The van der Waals surface area contributed by atoms with E-state index >= 15 is 0 Å². The van der Waals surface area contributed by atoms with Gasteiger partial charge in [0.15, 0.2) is 11.5 Å². The molecule has 0 bridgehead atoms. The van der Waals surface area contributed by atoms with Crippen molar-refractivity contribution in [3.8, 4) is 5.82 Å². The van der Waals surface area contributed by atoms with Gasteiger partial charge in [0, 0.05) is 36.5 Å². The van der Waals surface area contributed by atoms with Gasteiger partial charge in [-0.1, -0.05) is 23.7 Å². The van der Waals surface area contributed by atoms with E-state index in [0.29, 0.717) is 40.4 Å². The topological polar surface area (TPSA) is 92.9 Å². The highest BCUT2D eigenvalue weighted by Crippen LogP contribution is 2.22. The first-order valence-electron chi connectivity index (χ1n) is 11.6. The third-order valence-corrected chi connectivity index (χ3v) is 6.45. The van der Waals surface area contributed by atoms with Gasteiger partial charge < -0.3 is 15.5 Å². The molecule has 3 aromatic heterocycles. The minimum atomic E-state index is -0.199. The van der Waals surface area contributed by atoms with Gasteiger partial charge in [0.2, 0.25) is 5.95 Å². The van der Waals surface area contributed by atoms with Crippen molar-refractivity contribution in [2.24, 2.45) is 0 Å². The molecule has 0 amide bonds. The number of rotatable bonds is 7. The van der Waals surface area contributed by atoms with Crippen LogP contribution in [0.15, 0.2) is 66.1 Å². The summed E-state index contributed by atoms with van der Waals surface area (Å²) in [5, 5.41) is 7.67. The van der Waals surface area contributed by atoms with Crippen LogP contribution in [0.4, 0.5) is 17.5 Å². The molecule has 1 fully saturated rings. The number of aromatic nitrogens is 5. The number of piperidine rings is 1. The van der Waals surface area contributed by atoms with Crippen molar-refractivity contribution >= 4 is 40.1 Å². The van der Waals surface area contributed by atoms with E-state index in [1.807, 2.05) is 30.3 Å². The van der Waals surface area contributed by atoms with Crippen LogP contribution < -0.4 is 21.1 Å². The quantitative estimate of drug-likeness (QED) is 0.381. The first-order valence-corrected chi connectivity index (χ1v) is 12.0. The lowest BCUT2D eigenvalue weighted by Gasteiger charge is -2.32. The molecule has 35 heavy (non-hydrogen) atoms. The van der Waals surface area contributed by atoms with E-state index in [1.54, 1.807) is 33.8 Å². The summed E-state index contributed by atoms with van der Waals surface area (Å²) in [5.41, 5.74) is 1.06. The normalized spacial score (nSPS) is 15.8. The zero-order chi connectivity index (χ0) is 24.4. The molecule has 180 valence electrons. The van der Waals surface area contributed by atoms with Crippen LogP contribution in [0.5, 0.6) is 0 Å². The summed E-state index contributed by atoms with van der Waals surface area (Å²) in [4.78, 5) is 29.4. The molecular weight excluding hydrogens is 464 g/mol. The number of nitrogens with one attached hydrogen (secondary N) is 2. The van der Waals surface area contributed by atoms with Crippen LogP contribution in [-0.4, -0.2) is 50.5 Å². The lowest BCUT2D eigenvalue weighted by atomic mass is 10.1. The van der Waals surface area contributed by atoms with E-state index in [2.05, 4.69) is 39.1 Å². The molecule has 1 aromatic carbocycles. The highest BCUT2D eigenvalue weighted by molar-refractivity contribution is 6.30. The average Bonchev–Trinajstić information content (AvgIpc) is 3.16. The van der Waals surface area contributed by atoms with Crippen LogP contribution in [0.2, 0.25) is 5.02 Å². The highest BCUT2D eigenvalue weighted by Gasteiger charge is 2.21. The van der Waals surface area contributed by atoms with Gasteiger partial charge >= 0.3 is 0 Å². The Morgan fingerprint density at radius 3 is 2.83 bits per heavy atom. The van der Waals surface area contributed by atoms with Crippen LogP contribution in [0.1, 0.15) is 12.8 Å². The van der Waals surface area contributed by atoms with Crippen molar-refractivity contribution in [2.45, 2.75) is 25.4 Å². The minimum absolute atomic E-state index is 0.199. The molecule has 1 aliphatic heterocycles. The average molecular weight is 491 g/mol. The summed E-state index contributed by atoms with van der Waals surface area (Å²) >= 11 is 5.99. The van der Waals surface area contributed by atoms with Crippen molar-refractivity contribution in [3.05, 3.63) is 76.7 Å². The van der Waals surface area contributed by atoms with Crippen molar-refractivity contribution < 1.29 is 0 Å². The van der Waals surface area contributed by atoms with Crippen LogP contribution in [0.3, 0.4) is 0 Å². The van der Waals surface area contributed by atoms with Crippen molar-refractivity contribution in [3.63, 3.8) is 0 Å². The fraction of sp³-hybridized carbons (Fsp3) is 0.280. The monoisotopic (exact) mass is 490 g/mol. The van der Waals surface area contributed by atoms with Gasteiger partial charge in [-0.25, -0.2) is 19.3 Å². The number of halogens is 1. The largest absolute Gasteiger partial charge is 0.355 e. The standard InChI is InChI=1S/C25H27ClN8O/c1-3-14-33-24(35)20-16-28-25(29-18-11-9-17(26)10-12-18)31-23(20)34(33)22-8-4-7-21(30-22)32(2)19-6-5-13-27-15-19/h3-4,7-12,16,19,27H,1,5-6,13-15H2,2H3,(H,28,29,31)/t19-/m0/s1. The molecule has 0 spiro atoms. The fourth-order valence-corrected chi connectivity index (χ4v) is 4.47. The summed E-state index contributed by atoms with van der Waals surface area (Å²) in [6.45, 7) is 6.10. The fourth-order valence-electron chi connectivity index (χ4n) is 4.35. The third-order valence-electron chi connectivity index (χ3n) is 6.19. The number of pyridine rings is 1. The Balaban J connectivity index is 1.58. The summed E-state index contributed by atoms with van der Waals surface area (Å²) in [5.74, 6) is 1.80. The summed E-state index contributed by atoms with van der Waals surface area (Å²) in [7, 11) is 2.06. The number of allylic oxidation sites excluding steroid dienone is 1. The SMILES string of the molecule is C=CCn1c(=O)c2cnc(Nc3ccc(Cl)cc3)nc2n1-c1cccc(N(C)[C@H]2CCCNC2)n1. The smallest absolute Gasteiger partial charge is 0.278 e. The van der Waals surface area contributed by atoms with E-state index in [4.69, 9.17) is 16.6 Å². The highest BCUT2D eigenvalue weighted by atomic mass is 35.5. The number of hydrogen-bond donors (Lipinski definition) is 2. The van der Waals surface area contributed by atoms with Gasteiger partial charge in [-0.05, 0) is 55.8 Å². The molecular formula is C25H27ClN8O. The van der Waals surface area contributed by atoms with Gasteiger partial charge in [0.1, 0.15) is 11.2 Å². The molecule has 2 N–H and O–H groups in total. The number of likely N-dealkylation sites (N-methyl/N-ethyl adjacent to an activating group) is 1. The molecule has 10 heteroatoms. The zero-order valence-electron chi connectivity index (χ0n) is 19.5. The van der Waals surface area contributed by atoms with Crippen LogP contribution in [0.25, 0.3) is 16.9 Å². The Morgan fingerprint density at radius 2 is 2.09 bits per heavy atom. The molecule has 4 heterocycles. The van der Waals surface area contributed by atoms with Crippen LogP contribution >= 0.6 is 11.6 Å². The molecule has 1 atom stereocenters. The third kappa shape index (κ3) is 4.65. The first-order chi connectivity index (χ1) is 17.0. The number of benzene rings is 1. The maximum absolute atomic E-state index is 13.2. The van der Waals surface area contributed by atoms with E-state index < -0.39 is 0 Å². The van der Waals surface area contributed by atoms with Gasteiger partial charge in [0.05, 0.1) is 6.54 Å². The molecule has 5 rings (SSSR count). The van der Waals surface area contributed by atoms with E-state index in [9.17, 15) is 4.79 Å². The molecule has 1 aliphatic rings. The van der Waals surface area contributed by atoms with Crippen molar-refractivity contribution in [2.75, 3.05) is 30.4 Å². The lowest BCUT2D eigenvalue weighted by molar-refractivity contribution is 0.443. The number of nitrogens with zero attached hydrogens (tertiary/aromatic N) is 6. The molecule has 0 aliphatic carbocycles. The number of anilines is 3. The molecule has 1 saturated heterocycles. The Bertz CT molecular complexity index is 1410.